The number of H-pyrrole nitrogens is 1. The zero-order valence-corrected chi connectivity index (χ0v) is 13.9. The molecule has 0 fully saturated rings. The van der Waals surface area contributed by atoms with Crippen molar-refractivity contribution in [1.29, 1.82) is 0 Å². The molecule has 0 aliphatic carbocycles. The predicted molar refractivity (Wildman–Crippen MR) is 97.0 cm³/mol. The van der Waals surface area contributed by atoms with Crippen molar-refractivity contribution in [3.8, 4) is 0 Å². The fraction of sp³-hybridized carbons (Fsp3) is 0.0556. The Labute approximate surface area is 146 Å². The summed E-state index contributed by atoms with van der Waals surface area (Å²) in [6, 6.07) is 11.5. The van der Waals surface area contributed by atoms with Gasteiger partial charge in [0.05, 0.1) is 6.21 Å². The number of aromatic nitrogens is 3. The van der Waals surface area contributed by atoms with E-state index in [1.807, 2.05) is 0 Å². The molecule has 25 heavy (non-hydrogen) atoms. The standard InChI is InChI=1S/C18H12ClFN4O/c1-10-22-16-13-8-12(19)6-7-15(13)23-17(16)18(25)24(10)21-9-11-4-2-3-5-14(11)20/h2-9,23H,1H3. The second kappa shape index (κ2) is 5.82. The predicted octanol–water partition coefficient (Wildman–Crippen LogP) is 3.86. The van der Waals surface area contributed by atoms with Crippen molar-refractivity contribution in [1.82, 2.24) is 14.6 Å². The van der Waals surface area contributed by atoms with Crippen LogP contribution in [-0.4, -0.2) is 20.9 Å². The van der Waals surface area contributed by atoms with E-state index in [0.29, 0.717) is 21.9 Å². The maximum absolute atomic E-state index is 13.7. The molecule has 5 nitrogen and oxygen atoms in total. The lowest BCUT2D eigenvalue weighted by Crippen LogP contribution is -2.20. The van der Waals surface area contributed by atoms with Gasteiger partial charge in [-0.15, -0.1) is 0 Å². The Kier molecular flexibility index (Phi) is 3.62. The third kappa shape index (κ3) is 2.60. The van der Waals surface area contributed by atoms with E-state index in [0.717, 1.165) is 15.6 Å². The SMILES string of the molecule is Cc1nc2c([nH]c3ccc(Cl)cc32)c(=O)n1N=Cc1ccccc1F. The molecule has 0 saturated carbocycles. The smallest absolute Gasteiger partial charge is 0.298 e. The first kappa shape index (κ1) is 15.5. The third-order valence-electron chi connectivity index (χ3n) is 3.94. The van der Waals surface area contributed by atoms with Gasteiger partial charge in [0.25, 0.3) is 5.56 Å². The number of benzene rings is 2. The lowest BCUT2D eigenvalue weighted by atomic mass is 10.2. The van der Waals surface area contributed by atoms with Crippen molar-refractivity contribution in [3.63, 3.8) is 0 Å². The Morgan fingerprint density at radius 3 is 2.88 bits per heavy atom. The van der Waals surface area contributed by atoms with Crippen LogP contribution in [0.25, 0.3) is 21.9 Å². The highest BCUT2D eigenvalue weighted by Crippen LogP contribution is 2.25. The molecule has 1 N–H and O–H groups in total. The molecule has 0 aliphatic heterocycles. The zero-order chi connectivity index (χ0) is 17.6. The fourth-order valence-corrected chi connectivity index (χ4v) is 2.89. The van der Waals surface area contributed by atoms with Gasteiger partial charge in [0.15, 0.2) is 0 Å². The van der Waals surface area contributed by atoms with Crippen LogP contribution in [0.1, 0.15) is 11.4 Å². The number of hydrogen-bond donors (Lipinski definition) is 1. The number of nitrogens with zero attached hydrogens (tertiary/aromatic N) is 3. The average Bonchev–Trinajstić information content (AvgIpc) is 2.94. The minimum atomic E-state index is -0.411. The van der Waals surface area contributed by atoms with E-state index in [-0.39, 0.29) is 11.1 Å². The highest BCUT2D eigenvalue weighted by Gasteiger charge is 2.13. The van der Waals surface area contributed by atoms with Gasteiger partial charge in [0.2, 0.25) is 0 Å². The number of aryl methyl sites for hydroxylation is 1. The molecule has 0 saturated heterocycles. The highest BCUT2D eigenvalue weighted by atomic mass is 35.5. The van der Waals surface area contributed by atoms with Crippen LogP contribution in [0, 0.1) is 12.7 Å². The number of nitrogens with one attached hydrogen (secondary N) is 1. The normalized spacial score (nSPS) is 11.8. The van der Waals surface area contributed by atoms with Crippen molar-refractivity contribution in [3.05, 3.63) is 75.0 Å². The minimum absolute atomic E-state index is 0.289. The molecule has 2 heterocycles. The second-order valence-corrected chi connectivity index (χ2v) is 6.02. The van der Waals surface area contributed by atoms with Crippen LogP contribution in [-0.2, 0) is 0 Å². The summed E-state index contributed by atoms with van der Waals surface area (Å²) in [6.07, 6.45) is 1.30. The van der Waals surface area contributed by atoms with Crippen LogP contribution in [0.3, 0.4) is 0 Å². The van der Waals surface area contributed by atoms with E-state index in [9.17, 15) is 9.18 Å². The Balaban J connectivity index is 1.92. The molecule has 0 bridgehead atoms. The van der Waals surface area contributed by atoms with E-state index in [1.165, 1.54) is 12.3 Å². The molecule has 7 heteroatoms. The maximum Gasteiger partial charge on any atom is 0.298 e. The molecular formula is C18H12ClFN4O. The molecule has 124 valence electrons. The Bertz CT molecular complexity index is 1210. The van der Waals surface area contributed by atoms with Crippen LogP contribution in [0.5, 0.6) is 0 Å². The van der Waals surface area contributed by atoms with Gasteiger partial charge in [0, 0.05) is 21.5 Å². The van der Waals surface area contributed by atoms with Gasteiger partial charge in [0.1, 0.15) is 22.7 Å². The zero-order valence-electron chi connectivity index (χ0n) is 13.1. The summed E-state index contributed by atoms with van der Waals surface area (Å²) in [7, 11) is 0. The summed E-state index contributed by atoms with van der Waals surface area (Å²) >= 11 is 6.04. The first-order valence-electron chi connectivity index (χ1n) is 7.54. The van der Waals surface area contributed by atoms with Crippen LogP contribution < -0.4 is 5.56 Å². The lowest BCUT2D eigenvalue weighted by molar-refractivity contribution is 0.625. The summed E-state index contributed by atoms with van der Waals surface area (Å²) in [5, 5.41) is 5.44. The minimum Gasteiger partial charge on any atom is -0.349 e. The van der Waals surface area contributed by atoms with Gasteiger partial charge in [-0.2, -0.15) is 9.78 Å². The van der Waals surface area contributed by atoms with Crippen molar-refractivity contribution < 1.29 is 4.39 Å². The number of hydrogen-bond acceptors (Lipinski definition) is 3. The molecule has 4 rings (SSSR count). The molecule has 0 amide bonds. The average molecular weight is 355 g/mol. The van der Waals surface area contributed by atoms with Crippen molar-refractivity contribution in [2.24, 2.45) is 5.10 Å². The Hall–Kier alpha value is -2.99. The van der Waals surface area contributed by atoms with Crippen LogP contribution >= 0.6 is 11.6 Å². The van der Waals surface area contributed by atoms with Gasteiger partial charge in [-0.3, -0.25) is 4.79 Å². The summed E-state index contributed by atoms with van der Waals surface area (Å²) in [6.45, 7) is 1.67. The van der Waals surface area contributed by atoms with E-state index in [2.05, 4.69) is 15.1 Å². The largest absolute Gasteiger partial charge is 0.349 e. The summed E-state index contributed by atoms with van der Waals surface area (Å²) in [5.74, 6) is -0.0165. The first-order valence-corrected chi connectivity index (χ1v) is 7.92. The summed E-state index contributed by atoms with van der Waals surface area (Å²) in [4.78, 5) is 20.3. The molecule has 0 atom stereocenters. The monoisotopic (exact) mass is 354 g/mol. The molecule has 0 spiro atoms. The molecule has 0 radical (unpaired) electrons. The molecule has 2 aromatic carbocycles. The van der Waals surface area contributed by atoms with Crippen LogP contribution in [0.15, 0.2) is 52.4 Å². The van der Waals surface area contributed by atoms with Crippen molar-refractivity contribution in [2.45, 2.75) is 6.92 Å². The Morgan fingerprint density at radius 2 is 2.08 bits per heavy atom. The van der Waals surface area contributed by atoms with Crippen LogP contribution in [0.2, 0.25) is 5.02 Å². The van der Waals surface area contributed by atoms with Gasteiger partial charge in [-0.1, -0.05) is 29.8 Å². The number of aromatic amines is 1. The number of rotatable bonds is 2. The molecule has 2 aromatic heterocycles. The molecular weight excluding hydrogens is 343 g/mol. The third-order valence-corrected chi connectivity index (χ3v) is 4.17. The maximum atomic E-state index is 13.7. The first-order chi connectivity index (χ1) is 12.0. The van der Waals surface area contributed by atoms with E-state index in [1.54, 1.807) is 43.3 Å². The van der Waals surface area contributed by atoms with E-state index >= 15 is 0 Å². The van der Waals surface area contributed by atoms with Crippen molar-refractivity contribution >= 4 is 39.8 Å². The second-order valence-electron chi connectivity index (χ2n) is 5.58. The van der Waals surface area contributed by atoms with Crippen molar-refractivity contribution in [2.75, 3.05) is 0 Å². The van der Waals surface area contributed by atoms with Gasteiger partial charge in [-0.25, -0.2) is 9.37 Å². The van der Waals surface area contributed by atoms with Crippen LogP contribution in [0.4, 0.5) is 4.39 Å². The summed E-state index contributed by atoms with van der Waals surface area (Å²) in [5.41, 5.74) is 1.56. The van der Waals surface area contributed by atoms with E-state index in [4.69, 9.17) is 11.6 Å². The number of halogens is 2. The summed E-state index contributed by atoms with van der Waals surface area (Å²) < 4.78 is 14.9. The fourth-order valence-electron chi connectivity index (χ4n) is 2.72. The molecule has 0 unspecified atom stereocenters. The topological polar surface area (TPSA) is 63.0 Å². The molecule has 0 aliphatic rings. The van der Waals surface area contributed by atoms with E-state index < -0.39 is 5.82 Å². The number of fused-ring (bicyclic) bond motifs is 3. The Morgan fingerprint density at radius 1 is 1.28 bits per heavy atom. The quantitative estimate of drug-likeness (QED) is 0.555. The van der Waals surface area contributed by atoms with Gasteiger partial charge < -0.3 is 4.98 Å². The van der Waals surface area contributed by atoms with Gasteiger partial charge >= 0.3 is 0 Å². The lowest BCUT2D eigenvalue weighted by Gasteiger charge is -2.03. The highest BCUT2D eigenvalue weighted by molar-refractivity contribution is 6.31. The molecule has 4 aromatic rings. The van der Waals surface area contributed by atoms with Gasteiger partial charge in [-0.05, 0) is 31.2 Å².